The number of allylic oxidation sites excluding steroid dienone is 1. The first-order valence-corrected chi connectivity index (χ1v) is 15.9. The van der Waals surface area contributed by atoms with E-state index in [1.807, 2.05) is 36.4 Å². The Morgan fingerprint density at radius 3 is 2.46 bits per heavy atom. The number of carbonyl (C=O) groups excluding carboxylic acids is 1. The zero-order valence-corrected chi connectivity index (χ0v) is 24.6. The van der Waals surface area contributed by atoms with Gasteiger partial charge in [0.05, 0.1) is 25.2 Å². The molecule has 41 heavy (non-hydrogen) atoms. The van der Waals surface area contributed by atoms with E-state index < -0.39 is 16.3 Å². The van der Waals surface area contributed by atoms with Gasteiger partial charge in [-0.2, -0.15) is 4.31 Å². The summed E-state index contributed by atoms with van der Waals surface area (Å²) in [6, 6.07) is 16.1. The smallest absolute Gasteiger partial charge is 0.286 e. The van der Waals surface area contributed by atoms with E-state index in [9.17, 15) is 18.3 Å². The number of ether oxygens (including phenoxy) is 3. The number of benzene rings is 2. The van der Waals surface area contributed by atoms with Gasteiger partial charge in [-0.25, -0.2) is 8.42 Å². The average Bonchev–Trinajstić information content (AvgIpc) is 3.01. The lowest BCUT2D eigenvalue weighted by atomic mass is 9.77. The molecule has 0 aromatic heterocycles. The van der Waals surface area contributed by atoms with Gasteiger partial charge in [-0.1, -0.05) is 49.6 Å². The molecule has 0 radical (unpaired) electrons. The fourth-order valence-corrected chi connectivity index (χ4v) is 6.95. The molecule has 0 saturated heterocycles. The minimum absolute atomic E-state index is 0.0329. The Balaban J connectivity index is 1.38. The van der Waals surface area contributed by atoms with Gasteiger partial charge in [-0.05, 0) is 67.0 Å². The molecule has 9 nitrogen and oxygen atoms in total. The van der Waals surface area contributed by atoms with Crippen molar-refractivity contribution >= 4 is 15.9 Å². The zero-order chi connectivity index (χ0) is 29.1. The van der Waals surface area contributed by atoms with Crippen molar-refractivity contribution in [3.05, 3.63) is 72.0 Å². The summed E-state index contributed by atoms with van der Waals surface area (Å²) in [6.45, 7) is 0.187. The van der Waals surface area contributed by atoms with Crippen LogP contribution in [0.2, 0.25) is 0 Å². The van der Waals surface area contributed by atoms with Crippen molar-refractivity contribution in [2.45, 2.75) is 56.1 Å². The third-order valence-electron chi connectivity index (χ3n) is 7.80. The SMILES string of the molecule is COc1ccc(S(=O)(=O)N(CCO)CCO[C@H]2C[C@@H](C3CCCCC3)C=C(C(=O)NCCc3ccccc3)O2)cc1. The van der Waals surface area contributed by atoms with Gasteiger partial charge in [0, 0.05) is 26.1 Å². The third-order valence-corrected chi connectivity index (χ3v) is 9.71. The van der Waals surface area contributed by atoms with Crippen LogP contribution >= 0.6 is 0 Å². The highest BCUT2D eigenvalue weighted by atomic mass is 32.2. The summed E-state index contributed by atoms with van der Waals surface area (Å²) in [6.07, 6.45) is 8.44. The predicted molar refractivity (Wildman–Crippen MR) is 156 cm³/mol. The molecule has 1 fully saturated rings. The lowest BCUT2D eigenvalue weighted by molar-refractivity contribution is -0.151. The molecule has 224 valence electrons. The number of methoxy groups -OCH3 is 1. The number of nitrogens with one attached hydrogen (secondary N) is 1. The largest absolute Gasteiger partial charge is 0.497 e. The van der Waals surface area contributed by atoms with E-state index in [1.165, 1.54) is 42.8 Å². The fourth-order valence-electron chi connectivity index (χ4n) is 5.53. The number of nitrogens with zero attached hydrogens (tertiary/aromatic N) is 1. The van der Waals surface area contributed by atoms with Crippen LogP contribution in [0, 0.1) is 11.8 Å². The molecule has 1 saturated carbocycles. The summed E-state index contributed by atoms with van der Waals surface area (Å²) >= 11 is 0. The number of rotatable bonds is 14. The van der Waals surface area contributed by atoms with E-state index >= 15 is 0 Å². The molecule has 1 aliphatic carbocycles. The van der Waals surface area contributed by atoms with E-state index in [0.29, 0.717) is 24.6 Å². The predicted octanol–water partition coefficient (Wildman–Crippen LogP) is 3.88. The highest BCUT2D eigenvalue weighted by molar-refractivity contribution is 7.89. The first-order valence-electron chi connectivity index (χ1n) is 14.5. The Morgan fingerprint density at radius 2 is 1.78 bits per heavy atom. The van der Waals surface area contributed by atoms with E-state index in [-0.39, 0.29) is 48.8 Å². The van der Waals surface area contributed by atoms with Crippen molar-refractivity contribution in [2.24, 2.45) is 11.8 Å². The van der Waals surface area contributed by atoms with Crippen molar-refractivity contribution in [3.63, 3.8) is 0 Å². The van der Waals surface area contributed by atoms with E-state index in [1.54, 1.807) is 12.1 Å². The van der Waals surface area contributed by atoms with Crippen LogP contribution in [-0.2, 0) is 30.7 Å². The second-order valence-corrected chi connectivity index (χ2v) is 12.5. The molecule has 1 amide bonds. The van der Waals surface area contributed by atoms with Crippen molar-refractivity contribution < 1.29 is 32.5 Å². The molecule has 2 N–H and O–H groups in total. The maximum absolute atomic E-state index is 13.2. The molecule has 0 bridgehead atoms. The van der Waals surface area contributed by atoms with Crippen LogP contribution in [-0.4, -0.2) is 70.0 Å². The van der Waals surface area contributed by atoms with Crippen molar-refractivity contribution in [1.29, 1.82) is 0 Å². The van der Waals surface area contributed by atoms with Crippen LogP contribution < -0.4 is 10.1 Å². The van der Waals surface area contributed by atoms with Crippen LogP contribution in [0.1, 0.15) is 44.1 Å². The topological polar surface area (TPSA) is 114 Å². The first kappa shape index (κ1) is 31.0. The number of sulfonamides is 1. The number of hydrogen-bond donors (Lipinski definition) is 2. The lowest BCUT2D eigenvalue weighted by Gasteiger charge is -2.35. The lowest BCUT2D eigenvalue weighted by Crippen LogP contribution is -2.39. The maximum Gasteiger partial charge on any atom is 0.286 e. The third kappa shape index (κ3) is 8.78. The Hall–Kier alpha value is -2.92. The van der Waals surface area contributed by atoms with Crippen LogP contribution in [0.3, 0.4) is 0 Å². The number of amides is 1. The molecule has 0 spiro atoms. The van der Waals surface area contributed by atoms with Gasteiger partial charge in [0.2, 0.25) is 16.3 Å². The highest BCUT2D eigenvalue weighted by Gasteiger charge is 2.33. The van der Waals surface area contributed by atoms with Crippen LogP contribution in [0.5, 0.6) is 5.75 Å². The molecule has 1 aliphatic heterocycles. The van der Waals surface area contributed by atoms with Gasteiger partial charge in [0.1, 0.15) is 5.75 Å². The van der Waals surface area contributed by atoms with Crippen molar-refractivity contribution in [1.82, 2.24) is 9.62 Å². The Kier molecular flexibility index (Phi) is 11.6. The van der Waals surface area contributed by atoms with Crippen molar-refractivity contribution in [3.8, 4) is 5.75 Å². The fraction of sp³-hybridized carbons (Fsp3) is 0.516. The van der Waals surface area contributed by atoms with Crippen molar-refractivity contribution in [2.75, 3.05) is 40.0 Å². The Morgan fingerprint density at radius 1 is 1.05 bits per heavy atom. The molecule has 0 unspecified atom stereocenters. The molecule has 2 aliphatic rings. The molecular formula is C31H42N2O7S. The zero-order valence-electron chi connectivity index (χ0n) is 23.7. The monoisotopic (exact) mass is 586 g/mol. The molecular weight excluding hydrogens is 544 g/mol. The molecule has 4 rings (SSSR count). The molecule has 2 aromatic carbocycles. The summed E-state index contributed by atoms with van der Waals surface area (Å²) in [5.41, 5.74) is 1.14. The standard InChI is InChI=1S/C31H42N2O7S/c1-38-27-12-14-28(15-13-27)41(36,37)33(18-20-34)19-21-39-30-23-26(25-10-6-3-7-11-25)22-29(40-30)31(35)32-17-16-24-8-4-2-5-9-24/h2,4-5,8-9,12-15,22,25-26,30,34H,3,6-7,10-11,16-21,23H2,1H3,(H,32,35)/t26-,30+/m0/s1. The molecule has 1 heterocycles. The summed E-state index contributed by atoms with van der Waals surface area (Å²) in [4.78, 5) is 13.2. The van der Waals surface area contributed by atoms with Gasteiger partial charge in [-0.15, -0.1) is 0 Å². The van der Waals surface area contributed by atoms with Crippen LogP contribution in [0.15, 0.2) is 71.3 Å². The molecule has 10 heteroatoms. The van der Waals surface area contributed by atoms with Gasteiger partial charge in [-0.3, -0.25) is 4.79 Å². The van der Waals surface area contributed by atoms with Crippen LogP contribution in [0.4, 0.5) is 0 Å². The summed E-state index contributed by atoms with van der Waals surface area (Å²) < 4.78 is 44.8. The number of hydrogen-bond acceptors (Lipinski definition) is 7. The van der Waals surface area contributed by atoms with Gasteiger partial charge in [0.25, 0.3) is 5.91 Å². The van der Waals surface area contributed by atoms with E-state index in [0.717, 1.165) is 24.8 Å². The minimum Gasteiger partial charge on any atom is -0.497 e. The normalized spacial score (nSPS) is 19.8. The van der Waals surface area contributed by atoms with E-state index in [4.69, 9.17) is 14.2 Å². The Bertz CT molecular complexity index is 1230. The summed E-state index contributed by atoms with van der Waals surface area (Å²) in [5.74, 6) is 1.17. The van der Waals surface area contributed by atoms with Gasteiger partial charge in [0.15, 0.2) is 5.76 Å². The second-order valence-electron chi connectivity index (χ2n) is 10.5. The van der Waals surface area contributed by atoms with Crippen LogP contribution in [0.25, 0.3) is 0 Å². The maximum atomic E-state index is 13.2. The highest BCUT2D eigenvalue weighted by Crippen LogP contribution is 2.37. The van der Waals surface area contributed by atoms with Gasteiger partial charge < -0.3 is 24.6 Å². The first-order chi connectivity index (χ1) is 19.9. The number of aliphatic hydroxyl groups excluding tert-OH is 1. The number of carbonyl (C=O) groups is 1. The average molecular weight is 587 g/mol. The molecule has 2 aromatic rings. The number of aliphatic hydroxyl groups is 1. The summed E-state index contributed by atoms with van der Waals surface area (Å²) in [7, 11) is -2.34. The van der Waals surface area contributed by atoms with E-state index in [2.05, 4.69) is 5.32 Å². The molecule has 2 atom stereocenters. The second kappa shape index (κ2) is 15.3. The quantitative estimate of drug-likeness (QED) is 0.345. The van der Waals surface area contributed by atoms with Gasteiger partial charge >= 0.3 is 0 Å². The summed E-state index contributed by atoms with van der Waals surface area (Å²) in [5, 5.41) is 12.5. The minimum atomic E-state index is -3.86. The Labute approximate surface area is 243 Å².